The minimum Gasteiger partial charge on any atom is -0.483 e. The van der Waals surface area contributed by atoms with Crippen LogP contribution in [-0.4, -0.2) is 18.4 Å². The van der Waals surface area contributed by atoms with E-state index in [1.165, 1.54) is 24.3 Å². The third-order valence-electron chi connectivity index (χ3n) is 4.31. The highest BCUT2D eigenvalue weighted by molar-refractivity contribution is 6.05. The quantitative estimate of drug-likeness (QED) is 0.561. The third kappa shape index (κ3) is 6.08. The van der Waals surface area contributed by atoms with Crippen LogP contribution in [0.3, 0.4) is 0 Å². The third-order valence-corrected chi connectivity index (χ3v) is 4.31. The molecular weight excluding hydrogens is 409 g/mol. The number of carbonyl (C=O) groups is 2. The zero-order valence-corrected chi connectivity index (χ0v) is 16.5. The first-order valence-corrected chi connectivity index (χ1v) is 9.29. The van der Waals surface area contributed by atoms with Crippen LogP contribution in [-0.2, 0) is 11.0 Å². The van der Waals surface area contributed by atoms with Crippen molar-refractivity contribution in [3.63, 3.8) is 0 Å². The Bertz CT molecular complexity index is 1100. The summed E-state index contributed by atoms with van der Waals surface area (Å²) in [6.07, 6.45) is -4.51. The van der Waals surface area contributed by atoms with Crippen molar-refractivity contribution in [1.29, 1.82) is 0 Å². The van der Waals surface area contributed by atoms with Crippen LogP contribution >= 0.6 is 0 Å². The molecule has 0 saturated heterocycles. The summed E-state index contributed by atoms with van der Waals surface area (Å²) < 4.78 is 44.0. The van der Waals surface area contributed by atoms with Gasteiger partial charge in [0.15, 0.2) is 6.61 Å². The predicted octanol–water partition coefficient (Wildman–Crippen LogP) is 5.28. The number of amides is 2. The highest BCUT2D eigenvalue weighted by Gasteiger charge is 2.30. The van der Waals surface area contributed by atoms with Gasteiger partial charge in [-0.25, -0.2) is 0 Å². The van der Waals surface area contributed by atoms with E-state index in [1.807, 2.05) is 19.1 Å². The van der Waals surface area contributed by atoms with Gasteiger partial charge >= 0.3 is 6.18 Å². The summed E-state index contributed by atoms with van der Waals surface area (Å²) in [5.41, 5.74) is 0.578. The molecule has 0 spiro atoms. The van der Waals surface area contributed by atoms with Crippen LogP contribution < -0.4 is 15.4 Å². The summed E-state index contributed by atoms with van der Waals surface area (Å²) in [5, 5.41) is 5.05. The van der Waals surface area contributed by atoms with E-state index in [9.17, 15) is 22.8 Å². The topological polar surface area (TPSA) is 67.4 Å². The molecule has 0 unspecified atom stereocenters. The van der Waals surface area contributed by atoms with Crippen molar-refractivity contribution in [3.8, 4) is 5.75 Å². The van der Waals surface area contributed by atoms with Crippen molar-refractivity contribution < 1.29 is 27.5 Å². The molecule has 0 radical (unpaired) electrons. The van der Waals surface area contributed by atoms with Crippen LogP contribution in [0.5, 0.6) is 5.75 Å². The summed E-state index contributed by atoms with van der Waals surface area (Å²) in [6.45, 7) is 1.64. The van der Waals surface area contributed by atoms with E-state index in [-0.39, 0.29) is 17.9 Å². The molecule has 3 rings (SSSR count). The molecule has 0 heterocycles. The normalized spacial score (nSPS) is 11.0. The fourth-order valence-corrected chi connectivity index (χ4v) is 2.77. The van der Waals surface area contributed by atoms with Gasteiger partial charge in [0.2, 0.25) is 0 Å². The Morgan fingerprint density at radius 2 is 1.55 bits per heavy atom. The highest BCUT2D eigenvalue weighted by Crippen LogP contribution is 2.30. The van der Waals surface area contributed by atoms with Crippen LogP contribution in [0.15, 0.2) is 72.8 Å². The molecule has 0 fully saturated rings. The number of benzene rings is 3. The molecular formula is C23H19F3N2O3. The number of alkyl halides is 3. The van der Waals surface area contributed by atoms with Gasteiger partial charge in [0.05, 0.1) is 5.56 Å². The van der Waals surface area contributed by atoms with Gasteiger partial charge in [0, 0.05) is 16.9 Å². The van der Waals surface area contributed by atoms with Gasteiger partial charge in [-0.3, -0.25) is 9.59 Å². The molecule has 2 N–H and O–H groups in total. The lowest BCUT2D eigenvalue weighted by atomic mass is 10.1. The van der Waals surface area contributed by atoms with Crippen LogP contribution in [0.2, 0.25) is 0 Å². The maximum Gasteiger partial charge on any atom is 0.416 e. The van der Waals surface area contributed by atoms with E-state index in [2.05, 4.69) is 10.6 Å². The molecule has 3 aromatic carbocycles. The second-order valence-corrected chi connectivity index (χ2v) is 6.72. The Balaban J connectivity index is 1.62. The number of hydrogen-bond donors (Lipinski definition) is 2. The summed E-state index contributed by atoms with van der Waals surface area (Å²) in [5.74, 6) is -0.433. The molecule has 160 valence electrons. The van der Waals surface area contributed by atoms with E-state index in [1.54, 1.807) is 24.3 Å². The number of aryl methyl sites for hydroxylation is 1. The lowest BCUT2D eigenvalue weighted by Gasteiger charge is -2.11. The Labute approximate surface area is 176 Å². The Kier molecular flexibility index (Phi) is 6.59. The maximum absolute atomic E-state index is 12.8. The number of nitrogens with one attached hydrogen (secondary N) is 2. The fraction of sp³-hybridized carbons (Fsp3) is 0.130. The van der Waals surface area contributed by atoms with Crippen molar-refractivity contribution >= 4 is 23.2 Å². The molecule has 0 atom stereocenters. The Hall–Kier alpha value is -3.81. The van der Waals surface area contributed by atoms with Gasteiger partial charge in [-0.15, -0.1) is 0 Å². The number of rotatable bonds is 6. The van der Waals surface area contributed by atoms with Gasteiger partial charge < -0.3 is 15.4 Å². The Morgan fingerprint density at radius 3 is 2.26 bits per heavy atom. The standard InChI is InChI=1S/C23H19F3N2O3/c1-15-6-2-3-11-20(15)31-14-21(29)27-18-9-4-7-16(12-18)22(30)28-19-10-5-8-17(13-19)23(24,25)26/h2-13H,14H2,1H3,(H,27,29)(H,28,30). The van der Waals surface area contributed by atoms with Crippen molar-refractivity contribution in [2.45, 2.75) is 13.1 Å². The number of carbonyl (C=O) groups excluding carboxylic acids is 2. The van der Waals surface area contributed by atoms with E-state index >= 15 is 0 Å². The molecule has 0 aliphatic carbocycles. The van der Waals surface area contributed by atoms with Gasteiger partial charge in [0.1, 0.15) is 5.75 Å². The second kappa shape index (κ2) is 9.34. The minimum absolute atomic E-state index is 0.0147. The zero-order chi connectivity index (χ0) is 22.4. The van der Waals surface area contributed by atoms with Crippen LogP contribution in [0.4, 0.5) is 24.5 Å². The summed E-state index contributed by atoms with van der Waals surface area (Å²) in [6, 6.07) is 17.7. The smallest absolute Gasteiger partial charge is 0.416 e. The largest absolute Gasteiger partial charge is 0.483 e. The fourth-order valence-electron chi connectivity index (χ4n) is 2.77. The first-order chi connectivity index (χ1) is 14.7. The Morgan fingerprint density at radius 1 is 0.871 bits per heavy atom. The zero-order valence-electron chi connectivity index (χ0n) is 16.5. The number of hydrogen-bond acceptors (Lipinski definition) is 3. The van der Waals surface area contributed by atoms with E-state index in [0.717, 1.165) is 17.7 Å². The van der Waals surface area contributed by atoms with Crippen molar-refractivity contribution in [2.75, 3.05) is 17.2 Å². The van der Waals surface area contributed by atoms with E-state index in [0.29, 0.717) is 11.4 Å². The average Bonchev–Trinajstić information content (AvgIpc) is 2.73. The van der Waals surface area contributed by atoms with Crippen LogP contribution in [0.1, 0.15) is 21.5 Å². The maximum atomic E-state index is 12.8. The van der Waals surface area contributed by atoms with E-state index in [4.69, 9.17) is 4.74 Å². The number of halogens is 3. The molecule has 0 aliphatic heterocycles. The number of anilines is 2. The molecule has 0 saturated carbocycles. The first-order valence-electron chi connectivity index (χ1n) is 9.29. The first kappa shape index (κ1) is 21.9. The molecule has 31 heavy (non-hydrogen) atoms. The molecule has 8 heteroatoms. The lowest BCUT2D eigenvalue weighted by Crippen LogP contribution is -2.21. The summed E-state index contributed by atoms with van der Waals surface area (Å²) in [7, 11) is 0. The van der Waals surface area contributed by atoms with Gasteiger partial charge in [-0.05, 0) is 55.0 Å². The van der Waals surface area contributed by atoms with Gasteiger partial charge in [-0.2, -0.15) is 13.2 Å². The van der Waals surface area contributed by atoms with Gasteiger partial charge in [-0.1, -0.05) is 30.3 Å². The highest BCUT2D eigenvalue weighted by atomic mass is 19.4. The summed E-state index contributed by atoms with van der Waals surface area (Å²) >= 11 is 0. The second-order valence-electron chi connectivity index (χ2n) is 6.72. The van der Waals surface area contributed by atoms with Crippen LogP contribution in [0.25, 0.3) is 0 Å². The molecule has 5 nitrogen and oxygen atoms in total. The number of para-hydroxylation sites is 1. The molecule has 0 aliphatic rings. The minimum atomic E-state index is -4.51. The summed E-state index contributed by atoms with van der Waals surface area (Å²) in [4.78, 5) is 24.6. The predicted molar refractivity (Wildman–Crippen MR) is 111 cm³/mol. The SMILES string of the molecule is Cc1ccccc1OCC(=O)Nc1cccc(C(=O)Nc2cccc(C(F)(F)F)c2)c1. The molecule has 0 aromatic heterocycles. The van der Waals surface area contributed by atoms with Crippen molar-refractivity contribution in [3.05, 3.63) is 89.5 Å². The van der Waals surface area contributed by atoms with Gasteiger partial charge in [0.25, 0.3) is 11.8 Å². The molecule has 2 amide bonds. The van der Waals surface area contributed by atoms with E-state index < -0.39 is 23.6 Å². The van der Waals surface area contributed by atoms with Crippen LogP contribution in [0, 0.1) is 6.92 Å². The number of ether oxygens (including phenoxy) is 1. The molecule has 0 bridgehead atoms. The van der Waals surface area contributed by atoms with Crippen molar-refractivity contribution in [1.82, 2.24) is 0 Å². The lowest BCUT2D eigenvalue weighted by molar-refractivity contribution is -0.137. The monoisotopic (exact) mass is 428 g/mol. The average molecular weight is 428 g/mol. The molecule has 3 aromatic rings. The van der Waals surface area contributed by atoms with Crippen molar-refractivity contribution in [2.24, 2.45) is 0 Å².